The van der Waals surface area contributed by atoms with Crippen LogP contribution in [0.15, 0.2) is 59.9 Å². The highest BCUT2D eigenvalue weighted by molar-refractivity contribution is 7.98. The molecule has 1 aliphatic rings. The molecule has 0 radical (unpaired) electrons. The molecule has 0 unspecified atom stereocenters. The highest BCUT2D eigenvalue weighted by Crippen LogP contribution is 2.33. The van der Waals surface area contributed by atoms with Gasteiger partial charge in [0.25, 0.3) is 5.78 Å². The molecule has 5 rings (SSSR count). The van der Waals surface area contributed by atoms with Crippen LogP contribution < -0.4 is 0 Å². The number of thioether (sulfide) groups is 1. The number of benzene rings is 2. The molecule has 0 amide bonds. The first-order valence-corrected chi connectivity index (χ1v) is 12.1. The zero-order valence-electron chi connectivity index (χ0n) is 18.0. The number of hydrogen-bond donors (Lipinski definition) is 0. The molecule has 7 heteroatoms. The fourth-order valence-electron chi connectivity index (χ4n) is 4.04. The summed E-state index contributed by atoms with van der Waals surface area (Å²) in [6, 6.07) is 16.4. The van der Waals surface area contributed by atoms with Gasteiger partial charge < -0.3 is 0 Å². The molecule has 1 atom stereocenters. The van der Waals surface area contributed by atoms with Gasteiger partial charge in [0.2, 0.25) is 5.16 Å². The van der Waals surface area contributed by atoms with Crippen LogP contribution in [0.3, 0.4) is 0 Å². The van der Waals surface area contributed by atoms with Gasteiger partial charge in [0.15, 0.2) is 5.78 Å². The standard InChI is InChI=1S/C25H23ClN4OS/c1-15(2)17-5-7-18(8-6-17)19-11-22-21(23(31)12-19)13-30-24(27-22)28-25(29-30)32-14-16-3-9-20(26)10-4-16/h3-10,13,15,19H,11-12,14H2,1-2H3/t19-/m1/s1. The van der Waals surface area contributed by atoms with Crippen molar-refractivity contribution < 1.29 is 4.79 Å². The number of aromatic nitrogens is 4. The Morgan fingerprint density at radius 2 is 1.81 bits per heavy atom. The first kappa shape index (κ1) is 21.2. The maximum atomic E-state index is 12.9. The van der Waals surface area contributed by atoms with Crippen molar-refractivity contribution in [1.82, 2.24) is 19.6 Å². The summed E-state index contributed by atoms with van der Waals surface area (Å²) in [5.74, 6) is 2.02. The summed E-state index contributed by atoms with van der Waals surface area (Å²) in [7, 11) is 0. The summed E-state index contributed by atoms with van der Waals surface area (Å²) in [5, 5.41) is 5.88. The van der Waals surface area contributed by atoms with E-state index in [0.29, 0.717) is 28.8 Å². The minimum atomic E-state index is 0.115. The van der Waals surface area contributed by atoms with Gasteiger partial charge in [0, 0.05) is 23.4 Å². The van der Waals surface area contributed by atoms with Gasteiger partial charge in [0.1, 0.15) is 0 Å². The summed E-state index contributed by atoms with van der Waals surface area (Å²) in [4.78, 5) is 22.2. The van der Waals surface area contributed by atoms with Gasteiger partial charge in [0.05, 0.1) is 11.3 Å². The molecule has 5 nitrogen and oxygen atoms in total. The third-order valence-corrected chi connectivity index (χ3v) is 7.08. The molecule has 0 spiro atoms. The van der Waals surface area contributed by atoms with Gasteiger partial charge in [-0.25, -0.2) is 9.50 Å². The second-order valence-electron chi connectivity index (χ2n) is 8.51. The van der Waals surface area contributed by atoms with Crippen LogP contribution in [0.2, 0.25) is 5.02 Å². The van der Waals surface area contributed by atoms with E-state index in [0.717, 1.165) is 28.5 Å². The van der Waals surface area contributed by atoms with Crippen LogP contribution in [-0.2, 0) is 12.2 Å². The number of nitrogens with zero attached hydrogens (tertiary/aromatic N) is 4. The van der Waals surface area contributed by atoms with E-state index in [9.17, 15) is 4.79 Å². The number of fused-ring (bicyclic) bond motifs is 2. The monoisotopic (exact) mass is 462 g/mol. The lowest BCUT2D eigenvalue weighted by Crippen LogP contribution is -2.21. The maximum absolute atomic E-state index is 12.9. The number of carbonyl (C=O) groups is 1. The lowest BCUT2D eigenvalue weighted by molar-refractivity contribution is 0.0962. The fourth-order valence-corrected chi connectivity index (χ4v) is 4.95. The lowest BCUT2D eigenvalue weighted by atomic mass is 9.81. The minimum Gasteiger partial charge on any atom is -0.294 e. The number of Topliss-reactive ketones (excluding diaryl/α,β-unsaturated/α-hetero) is 1. The van der Waals surface area contributed by atoms with Crippen molar-refractivity contribution in [1.29, 1.82) is 0 Å². The van der Waals surface area contributed by atoms with E-state index in [1.54, 1.807) is 10.7 Å². The van der Waals surface area contributed by atoms with Gasteiger partial charge in [-0.15, -0.1) is 5.10 Å². The number of rotatable bonds is 5. The highest BCUT2D eigenvalue weighted by Gasteiger charge is 2.28. The molecule has 0 fully saturated rings. The van der Waals surface area contributed by atoms with Crippen LogP contribution in [0.25, 0.3) is 5.78 Å². The molecule has 0 saturated heterocycles. The van der Waals surface area contributed by atoms with Crippen LogP contribution in [-0.4, -0.2) is 25.4 Å². The molecule has 0 aliphatic heterocycles. The van der Waals surface area contributed by atoms with Crippen molar-refractivity contribution >= 4 is 34.9 Å². The number of halogens is 1. The van der Waals surface area contributed by atoms with Crippen LogP contribution in [0.1, 0.15) is 64.8 Å². The molecular weight excluding hydrogens is 440 g/mol. The molecule has 0 saturated carbocycles. The highest BCUT2D eigenvalue weighted by atomic mass is 35.5. The molecule has 32 heavy (non-hydrogen) atoms. The Bertz CT molecular complexity index is 1280. The summed E-state index contributed by atoms with van der Waals surface area (Å²) in [5.41, 5.74) is 5.12. The van der Waals surface area contributed by atoms with Crippen molar-refractivity contribution in [2.45, 2.75) is 49.4 Å². The average Bonchev–Trinajstić information content (AvgIpc) is 3.19. The lowest BCUT2D eigenvalue weighted by Gasteiger charge is -2.23. The Hall–Kier alpha value is -2.70. The van der Waals surface area contributed by atoms with Crippen molar-refractivity contribution in [3.05, 3.63) is 87.7 Å². The summed E-state index contributed by atoms with van der Waals surface area (Å²) < 4.78 is 1.62. The molecule has 0 bridgehead atoms. The van der Waals surface area contributed by atoms with Crippen LogP contribution in [0.5, 0.6) is 0 Å². The first-order valence-electron chi connectivity index (χ1n) is 10.7. The zero-order chi connectivity index (χ0) is 22.2. The minimum absolute atomic E-state index is 0.115. The summed E-state index contributed by atoms with van der Waals surface area (Å²) in [6.07, 6.45) is 3.02. The van der Waals surface area contributed by atoms with Gasteiger partial charge >= 0.3 is 0 Å². The van der Waals surface area contributed by atoms with Crippen LogP contribution in [0.4, 0.5) is 0 Å². The van der Waals surface area contributed by atoms with E-state index in [2.05, 4.69) is 48.2 Å². The Kier molecular flexibility index (Phi) is 5.74. The van der Waals surface area contributed by atoms with E-state index in [1.165, 1.54) is 22.9 Å². The van der Waals surface area contributed by atoms with Crippen molar-refractivity contribution in [2.24, 2.45) is 0 Å². The molecule has 2 aromatic heterocycles. The number of carbonyl (C=O) groups excluding carboxylic acids is 1. The average molecular weight is 463 g/mol. The Balaban J connectivity index is 1.37. The second kappa shape index (κ2) is 8.68. The van der Waals surface area contributed by atoms with Crippen molar-refractivity contribution in [3.63, 3.8) is 0 Å². The smallest absolute Gasteiger partial charge is 0.253 e. The maximum Gasteiger partial charge on any atom is 0.253 e. The van der Waals surface area contributed by atoms with Crippen molar-refractivity contribution in [2.75, 3.05) is 0 Å². The van der Waals surface area contributed by atoms with Gasteiger partial charge in [-0.2, -0.15) is 4.98 Å². The first-order chi connectivity index (χ1) is 15.5. The Labute approximate surface area is 196 Å². The quantitative estimate of drug-likeness (QED) is 0.335. The summed E-state index contributed by atoms with van der Waals surface area (Å²) >= 11 is 7.49. The molecule has 1 aliphatic carbocycles. The fraction of sp³-hybridized carbons (Fsp3) is 0.280. The number of ketones is 1. The van der Waals surface area contributed by atoms with E-state index in [4.69, 9.17) is 16.6 Å². The van der Waals surface area contributed by atoms with E-state index < -0.39 is 0 Å². The van der Waals surface area contributed by atoms with Crippen LogP contribution in [0, 0.1) is 0 Å². The van der Waals surface area contributed by atoms with E-state index in [1.807, 2.05) is 24.3 Å². The van der Waals surface area contributed by atoms with Gasteiger partial charge in [-0.1, -0.05) is 73.6 Å². The SMILES string of the molecule is CC(C)c1ccc([C@H]2CC(=O)c3cn4nc(SCc5ccc(Cl)cc5)nc4nc3C2)cc1. The number of hydrogen-bond acceptors (Lipinski definition) is 5. The molecule has 4 aromatic rings. The van der Waals surface area contributed by atoms with Gasteiger partial charge in [-0.05, 0) is 47.1 Å². The largest absolute Gasteiger partial charge is 0.294 e. The predicted octanol–water partition coefficient (Wildman–Crippen LogP) is 6.11. The molecular formula is C25H23ClN4OS. The van der Waals surface area contributed by atoms with Gasteiger partial charge in [-0.3, -0.25) is 4.79 Å². The molecule has 162 valence electrons. The van der Waals surface area contributed by atoms with E-state index in [-0.39, 0.29) is 11.7 Å². The summed E-state index contributed by atoms with van der Waals surface area (Å²) in [6.45, 7) is 4.37. The normalized spacial score (nSPS) is 16.0. The Morgan fingerprint density at radius 1 is 1.06 bits per heavy atom. The molecule has 2 heterocycles. The molecule has 0 N–H and O–H groups in total. The van der Waals surface area contributed by atoms with Crippen molar-refractivity contribution in [3.8, 4) is 0 Å². The topological polar surface area (TPSA) is 60.2 Å². The third-order valence-electron chi connectivity index (χ3n) is 5.92. The third kappa shape index (κ3) is 4.30. The van der Waals surface area contributed by atoms with E-state index >= 15 is 0 Å². The second-order valence-corrected chi connectivity index (χ2v) is 9.88. The predicted molar refractivity (Wildman–Crippen MR) is 128 cm³/mol. The molecule has 2 aromatic carbocycles. The van der Waals surface area contributed by atoms with Crippen LogP contribution >= 0.6 is 23.4 Å². The Morgan fingerprint density at radius 3 is 2.53 bits per heavy atom. The zero-order valence-corrected chi connectivity index (χ0v) is 19.5.